The molecule has 0 saturated carbocycles. The van der Waals surface area contributed by atoms with Gasteiger partial charge in [-0.15, -0.1) is 0 Å². The van der Waals surface area contributed by atoms with E-state index in [0.717, 1.165) is 0 Å². The van der Waals surface area contributed by atoms with Crippen LogP contribution < -0.4 is 14.8 Å². The third-order valence-electron chi connectivity index (χ3n) is 2.70. The van der Waals surface area contributed by atoms with Crippen molar-refractivity contribution < 1.29 is 24.5 Å². The molecule has 0 fully saturated rings. The molecule has 0 spiro atoms. The van der Waals surface area contributed by atoms with Gasteiger partial charge in [-0.05, 0) is 32.0 Å². The Morgan fingerprint density at radius 1 is 1.40 bits per heavy atom. The van der Waals surface area contributed by atoms with Crippen molar-refractivity contribution in [2.45, 2.75) is 19.4 Å². The van der Waals surface area contributed by atoms with Gasteiger partial charge < -0.3 is 25.0 Å². The first-order chi connectivity index (χ1) is 9.43. The molecule has 0 aliphatic heterocycles. The topological polar surface area (TPSA) is 88.0 Å². The molecular weight excluding hydrogens is 262 g/mol. The minimum atomic E-state index is -1.34. The minimum absolute atomic E-state index is 0.0433. The van der Waals surface area contributed by atoms with E-state index in [4.69, 9.17) is 14.6 Å². The maximum atomic E-state index is 12.0. The van der Waals surface area contributed by atoms with E-state index in [1.807, 2.05) is 6.92 Å². The van der Waals surface area contributed by atoms with E-state index in [9.17, 15) is 9.90 Å². The van der Waals surface area contributed by atoms with Crippen molar-refractivity contribution in [3.8, 4) is 11.5 Å². The Bertz CT molecular complexity index is 459. The second-order valence-electron chi connectivity index (χ2n) is 4.64. The van der Waals surface area contributed by atoms with Crippen LogP contribution in [0.15, 0.2) is 18.2 Å². The van der Waals surface area contributed by atoms with Gasteiger partial charge in [0.2, 0.25) is 0 Å². The molecule has 6 nitrogen and oxygen atoms in total. The summed E-state index contributed by atoms with van der Waals surface area (Å²) in [4.78, 5) is 12.0. The van der Waals surface area contributed by atoms with Crippen LogP contribution in [0.3, 0.4) is 0 Å². The van der Waals surface area contributed by atoms with Gasteiger partial charge >= 0.3 is 0 Å². The lowest BCUT2D eigenvalue weighted by Crippen LogP contribution is -2.43. The highest BCUT2D eigenvalue weighted by atomic mass is 16.5. The molecule has 0 saturated heterocycles. The SMILES string of the molecule is CCOc1cc(C(=O)NCC(C)(O)CO)ccc1OC. The van der Waals surface area contributed by atoms with Crippen LogP contribution in [0.4, 0.5) is 0 Å². The van der Waals surface area contributed by atoms with Gasteiger partial charge in [0.1, 0.15) is 5.60 Å². The van der Waals surface area contributed by atoms with Crippen molar-refractivity contribution in [3.63, 3.8) is 0 Å². The van der Waals surface area contributed by atoms with Gasteiger partial charge in [-0.25, -0.2) is 0 Å². The van der Waals surface area contributed by atoms with E-state index < -0.39 is 12.2 Å². The van der Waals surface area contributed by atoms with E-state index in [-0.39, 0.29) is 12.5 Å². The van der Waals surface area contributed by atoms with Crippen molar-refractivity contribution in [1.29, 1.82) is 0 Å². The highest BCUT2D eigenvalue weighted by Gasteiger charge is 2.20. The highest BCUT2D eigenvalue weighted by Crippen LogP contribution is 2.27. The van der Waals surface area contributed by atoms with E-state index in [1.165, 1.54) is 14.0 Å². The second-order valence-corrected chi connectivity index (χ2v) is 4.64. The summed E-state index contributed by atoms with van der Waals surface area (Å²) in [5.41, 5.74) is -0.951. The van der Waals surface area contributed by atoms with Crippen molar-refractivity contribution in [1.82, 2.24) is 5.32 Å². The first kappa shape index (κ1) is 16.3. The van der Waals surface area contributed by atoms with Crippen LogP contribution in [-0.4, -0.2) is 48.6 Å². The Labute approximate surface area is 118 Å². The molecule has 1 aromatic carbocycles. The van der Waals surface area contributed by atoms with Gasteiger partial charge in [0, 0.05) is 12.1 Å². The monoisotopic (exact) mass is 283 g/mol. The zero-order valence-electron chi connectivity index (χ0n) is 12.0. The van der Waals surface area contributed by atoms with Crippen LogP contribution in [0.1, 0.15) is 24.2 Å². The number of ether oxygens (including phenoxy) is 2. The molecule has 6 heteroatoms. The maximum Gasteiger partial charge on any atom is 0.251 e. The average molecular weight is 283 g/mol. The van der Waals surface area contributed by atoms with Crippen LogP contribution in [0.2, 0.25) is 0 Å². The molecular formula is C14H21NO5. The van der Waals surface area contributed by atoms with E-state index in [2.05, 4.69) is 5.32 Å². The predicted octanol–water partition coefficient (Wildman–Crippen LogP) is 0.567. The quantitative estimate of drug-likeness (QED) is 0.681. The lowest BCUT2D eigenvalue weighted by Gasteiger charge is -2.20. The number of aliphatic hydroxyl groups is 2. The van der Waals surface area contributed by atoms with Gasteiger partial charge in [-0.3, -0.25) is 4.79 Å². The number of methoxy groups -OCH3 is 1. The summed E-state index contributed by atoms with van der Waals surface area (Å²) in [7, 11) is 1.52. The molecule has 20 heavy (non-hydrogen) atoms. The summed E-state index contributed by atoms with van der Waals surface area (Å²) < 4.78 is 10.5. The summed E-state index contributed by atoms with van der Waals surface area (Å²) in [5.74, 6) is 0.671. The van der Waals surface area contributed by atoms with Crippen molar-refractivity contribution >= 4 is 5.91 Å². The molecule has 1 atom stereocenters. The average Bonchev–Trinajstić information content (AvgIpc) is 2.45. The summed E-state index contributed by atoms with van der Waals surface area (Å²) in [6, 6.07) is 4.82. The lowest BCUT2D eigenvalue weighted by atomic mass is 10.1. The van der Waals surface area contributed by atoms with Gasteiger partial charge in [0.25, 0.3) is 5.91 Å². The number of carbonyl (C=O) groups is 1. The smallest absolute Gasteiger partial charge is 0.251 e. The molecule has 0 heterocycles. The standard InChI is InChI=1S/C14H21NO5/c1-4-20-12-7-10(5-6-11(12)19-3)13(17)15-8-14(2,18)9-16/h5-7,16,18H,4,8-9H2,1-3H3,(H,15,17). The second kappa shape index (κ2) is 7.12. The number of rotatable bonds is 7. The van der Waals surface area contributed by atoms with Crippen molar-refractivity contribution in [2.24, 2.45) is 0 Å². The molecule has 3 N–H and O–H groups in total. The van der Waals surface area contributed by atoms with Crippen molar-refractivity contribution in [3.05, 3.63) is 23.8 Å². The summed E-state index contributed by atoms with van der Waals surface area (Å²) in [6.07, 6.45) is 0. The molecule has 0 aliphatic rings. The molecule has 1 unspecified atom stereocenters. The number of benzene rings is 1. The Hall–Kier alpha value is -1.79. The fraction of sp³-hybridized carbons (Fsp3) is 0.500. The fourth-order valence-electron chi connectivity index (χ4n) is 1.51. The Kier molecular flexibility index (Phi) is 5.79. The van der Waals surface area contributed by atoms with Crippen molar-refractivity contribution in [2.75, 3.05) is 26.9 Å². The summed E-state index contributed by atoms with van der Waals surface area (Å²) in [5, 5.41) is 21.1. The predicted molar refractivity (Wildman–Crippen MR) is 74.2 cm³/mol. The third-order valence-corrected chi connectivity index (χ3v) is 2.70. The Morgan fingerprint density at radius 2 is 2.10 bits per heavy atom. The normalized spacial score (nSPS) is 13.4. The molecule has 0 radical (unpaired) electrons. The first-order valence-electron chi connectivity index (χ1n) is 6.35. The first-order valence-corrected chi connectivity index (χ1v) is 6.35. The number of nitrogens with one attached hydrogen (secondary N) is 1. The molecule has 0 aliphatic carbocycles. The van der Waals surface area contributed by atoms with E-state index >= 15 is 0 Å². The number of hydrogen-bond donors (Lipinski definition) is 3. The zero-order valence-corrected chi connectivity index (χ0v) is 12.0. The third kappa shape index (κ3) is 4.40. The number of carbonyl (C=O) groups excluding carboxylic acids is 1. The maximum absolute atomic E-state index is 12.0. The minimum Gasteiger partial charge on any atom is -0.493 e. The summed E-state index contributed by atoms with van der Waals surface area (Å²) >= 11 is 0. The van der Waals surface area contributed by atoms with Crippen LogP contribution >= 0.6 is 0 Å². The molecule has 0 aromatic heterocycles. The van der Waals surface area contributed by atoms with Crippen LogP contribution in [0.5, 0.6) is 11.5 Å². The Balaban J connectivity index is 2.80. The molecule has 1 rings (SSSR count). The molecule has 112 valence electrons. The number of amides is 1. The zero-order chi connectivity index (χ0) is 15.2. The fourth-order valence-corrected chi connectivity index (χ4v) is 1.51. The van der Waals surface area contributed by atoms with E-state index in [1.54, 1.807) is 18.2 Å². The van der Waals surface area contributed by atoms with Crippen LogP contribution in [0, 0.1) is 0 Å². The lowest BCUT2D eigenvalue weighted by molar-refractivity contribution is 0.00320. The number of aliphatic hydroxyl groups excluding tert-OH is 1. The van der Waals surface area contributed by atoms with Gasteiger partial charge in [0.05, 0.1) is 20.3 Å². The van der Waals surface area contributed by atoms with Crippen LogP contribution in [-0.2, 0) is 0 Å². The highest BCUT2D eigenvalue weighted by molar-refractivity contribution is 5.94. The number of hydrogen-bond acceptors (Lipinski definition) is 5. The largest absolute Gasteiger partial charge is 0.493 e. The van der Waals surface area contributed by atoms with E-state index in [0.29, 0.717) is 23.7 Å². The van der Waals surface area contributed by atoms with Gasteiger partial charge in [-0.2, -0.15) is 0 Å². The molecule has 1 aromatic rings. The van der Waals surface area contributed by atoms with Crippen LogP contribution in [0.25, 0.3) is 0 Å². The summed E-state index contributed by atoms with van der Waals surface area (Å²) in [6.45, 7) is 3.26. The molecule has 0 bridgehead atoms. The Morgan fingerprint density at radius 3 is 2.65 bits per heavy atom. The van der Waals surface area contributed by atoms with Gasteiger partial charge in [0.15, 0.2) is 11.5 Å². The van der Waals surface area contributed by atoms with Gasteiger partial charge in [-0.1, -0.05) is 0 Å². The molecule has 1 amide bonds.